The van der Waals surface area contributed by atoms with Gasteiger partial charge in [-0.05, 0) is 43.2 Å². The molecular weight excluding hydrogens is 532 g/mol. The highest BCUT2D eigenvalue weighted by Crippen LogP contribution is 2.22. The number of likely N-dealkylation sites (N-methyl/N-ethyl adjacent to an activating group) is 1. The van der Waals surface area contributed by atoms with E-state index in [0.29, 0.717) is 11.3 Å². The Kier molecular flexibility index (Phi) is 8.19. The number of rotatable bonds is 10. The summed E-state index contributed by atoms with van der Waals surface area (Å²) in [6.07, 6.45) is 3.58. The summed E-state index contributed by atoms with van der Waals surface area (Å²) in [5.41, 5.74) is 5.59. The fourth-order valence-electron chi connectivity index (χ4n) is 5.23. The van der Waals surface area contributed by atoms with E-state index in [0.717, 1.165) is 38.7 Å². The highest BCUT2D eigenvalue weighted by Gasteiger charge is 2.32. The molecule has 0 fully saturated rings. The molecule has 5 rings (SSSR count). The average molecular weight is 565 g/mol. The van der Waals surface area contributed by atoms with Gasteiger partial charge in [0.1, 0.15) is 12.1 Å². The second-order valence-electron chi connectivity index (χ2n) is 10.5. The Hall–Kier alpha value is -5.18. The first-order valence-electron chi connectivity index (χ1n) is 13.6. The number of benzene rings is 3. The lowest BCUT2D eigenvalue weighted by Gasteiger charge is -2.29. The van der Waals surface area contributed by atoms with Gasteiger partial charge in [0, 0.05) is 54.2 Å². The molecule has 2 amide bonds. The van der Waals surface area contributed by atoms with Crippen LogP contribution in [0.4, 0.5) is 0 Å². The van der Waals surface area contributed by atoms with Crippen molar-refractivity contribution in [1.82, 2.24) is 20.4 Å². The molecule has 0 radical (unpaired) electrons. The molecule has 0 aliphatic rings. The molecule has 0 bridgehead atoms. The van der Waals surface area contributed by atoms with Crippen LogP contribution in [0.15, 0.2) is 89.7 Å². The summed E-state index contributed by atoms with van der Waals surface area (Å²) in [6, 6.07) is 20.1. The number of carboxylic acid groups (broad SMARTS) is 1. The maximum Gasteiger partial charge on any atom is 0.326 e. The van der Waals surface area contributed by atoms with Gasteiger partial charge in [-0.15, -0.1) is 0 Å². The maximum absolute atomic E-state index is 13.8. The summed E-state index contributed by atoms with van der Waals surface area (Å²) in [7, 11) is 1.57. The van der Waals surface area contributed by atoms with Gasteiger partial charge in [0.2, 0.25) is 5.91 Å². The van der Waals surface area contributed by atoms with Crippen LogP contribution >= 0.6 is 0 Å². The number of aromatic nitrogens is 2. The SMILES string of the molecule is Cc1cc(C)cc(C(=O)N(C)[C@H](Cc2ccc(-c3ccno3)cc2)C(=O)N[C@@H](Cc2c[nH]c3ccccc23)C(=O)O)c1. The number of hydrogen-bond donors (Lipinski definition) is 3. The quantitative estimate of drug-likeness (QED) is 0.221. The monoisotopic (exact) mass is 564 g/mol. The number of carbonyl (C=O) groups is 3. The Morgan fingerprint density at radius 2 is 1.69 bits per heavy atom. The van der Waals surface area contributed by atoms with E-state index in [4.69, 9.17) is 4.52 Å². The van der Waals surface area contributed by atoms with Gasteiger partial charge < -0.3 is 24.8 Å². The number of nitrogens with zero attached hydrogens (tertiary/aromatic N) is 2. The van der Waals surface area contributed by atoms with Gasteiger partial charge in [-0.3, -0.25) is 9.59 Å². The van der Waals surface area contributed by atoms with Gasteiger partial charge in [0.25, 0.3) is 5.91 Å². The third-order valence-electron chi connectivity index (χ3n) is 7.38. The lowest BCUT2D eigenvalue weighted by atomic mass is 9.99. The van der Waals surface area contributed by atoms with Gasteiger partial charge in [-0.2, -0.15) is 0 Å². The number of nitrogens with one attached hydrogen (secondary N) is 2. The number of fused-ring (bicyclic) bond motifs is 1. The fourth-order valence-corrected chi connectivity index (χ4v) is 5.23. The van der Waals surface area contributed by atoms with Crippen LogP contribution in [-0.2, 0) is 22.4 Å². The molecule has 0 saturated heterocycles. The summed E-state index contributed by atoms with van der Waals surface area (Å²) in [6.45, 7) is 3.82. The summed E-state index contributed by atoms with van der Waals surface area (Å²) in [4.78, 5) is 44.3. The zero-order valence-electron chi connectivity index (χ0n) is 23.6. The zero-order valence-corrected chi connectivity index (χ0v) is 23.6. The van der Waals surface area contributed by atoms with Crippen LogP contribution in [0.25, 0.3) is 22.2 Å². The molecule has 3 aromatic carbocycles. The third kappa shape index (κ3) is 6.25. The second kappa shape index (κ2) is 12.1. The molecule has 0 unspecified atom stereocenters. The number of para-hydroxylation sites is 1. The Bertz CT molecular complexity index is 1700. The normalized spacial score (nSPS) is 12.5. The maximum atomic E-state index is 13.8. The summed E-state index contributed by atoms with van der Waals surface area (Å²) in [5, 5.41) is 17.4. The lowest BCUT2D eigenvalue weighted by Crippen LogP contribution is -2.53. The van der Waals surface area contributed by atoms with Gasteiger partial charge in [-0.25, -0.2) is 4.79 Å². The van der Waals surface area contributed by atoms with E-state index in [-0.39, 0.29) is 18.7 Å². The molecule has 0 saturated carbocycles. The van der Waals surface area contributed by atoms with Crippen LogP contribution in [0.2, 0.25) is 0 Å². The van der Waals surface area contributed by atoms with E-state index in [1.807, 2.05) is 68.4 Å². The Labute approximate surface area is 243 Å². The summed E-state index contributed by atoms with van der Waals surface area (Å²) < 4.78 is 5.23. The predicted octanol–water partition coefficient (Wildman–Crippen LogP) is 4.94. The largest absolute Gasteiger partial charge is 0.480 e. The van der Waals surface area contributed by atoms with Crippen LogP contribution in [0.5, 0.6) is 0 Å². The van der Waals surface area contributed by atoms with Crippen molar-refractivity contribution in [3.63, 3.8) is 0 Å². The summed E-state index contributed by atoms with van der Waals surface area (Å²) in [5.74, 6) is -1.43. The number of carbonyl (C=O) groups excluding carboxylic acids is 2. The van der Waals surface area contributed by atoms with Crippen LogP contribution in [0, 0.1) is 13.8 Å². The van der Waals surface area contributed by atoms with E-state index < -0.39 is 24.0 Å². The topological polar surface area (TPSA) is 129 Å². The minimum atomic E-state index is -1.20. The molecular formula is C33H32N4O5. The minimum absolute atomic E-state index is 0.0818. The first-order chi connectivity index (χ1) is 20.2. The molecule has 0 spiro atoms. The standard InChI is InChI=1S/C33H32N4O5/c1-20-14-21(2)16-24(15-20)32(39)37(3)29(17-22-8-10-23(11-9-22)30-12-13-35-42-30)31(38)36-28(33(40)41)18-25-19-34-27-7-5-4-6-26(25)27/h4-16,19,28-29,34H,17-18H2,1-3H3,(H,36,38)(H,40,41)/t28-,29+/m0/s1. The van der Waals surface area contributed by atoms with Gasteiger partial charge in [-0.1, -0.05) is 64.8 Å². The number of aromatic amines is 1. The number of hydrogen-bond acceptors (Lipinski definition) is 5. The average Bonchev–Trinajstić information content (AvgIpc) is 3.65. The van der Waals surface area contributed by atoms with Crippen LogP contribution in [0.1, 0.15) is 32.6 Å². The first-order valence-corrected chi connectivity index (χ1v) is 13.6. The number of aryl methyl sites for hydroxylation is 2. The van der Waals surface area contributed by atoms with Crippen LogP contribution in [0.3, 0.4) is 0 Å². The molecule has 9 nitrogen and oxygen atoms in total. The number of H-pyrrole nitrogens is 1. The van der Waals surface area contributed by atoms with Crippen molar-refractivity contribution in [2.24, 2.45) is 0 Å². The lowest BCUT2D eigenvalue weighted by molar-refractivity contribution is -0.142. The summed E-state index contributed by atoms with van der Waals surface area (Å²) >= 11 is 0. The Morgan fingerprint density at radius 1 is 0.976 bits per heavy atom. The fraction of sp³-hybridized carbons (Fsp3) is 0.212. The van der Waals surface area contributed by atoms with E-state index >= 15 is 0 Å². The molecule has 0 aliphatic heterocycles. The molecule has 214 valence electrons. The first kappa shape index (κ1) is 28.4. The van der Waals surface area contributed by atoms with Crippen molar-refractivity contribution in [3.8, 4) is 11.3 Å². The molecule has 42 heavy (non-hydrogen) atoms. The van der Waals surface area contributed by atoms with Gasteiger partial charge >= 0.3 is 5.97 Å². The molecule has 9 heteroatoms. The third-order valence-corrected chi connectivity index (χ3v) is 7.38. The molecule has 2 heterocycles. The number of carboxylic acids is 1. The number of amides is 2. The second-order valence-corrected chi connectivity index (χ2v) is 10.5. The van der Waals surface area contributed by atoms with Crippen LogP contribution in [-0.4, -0.2) is 57.1 Å². The zero-order chi connectivity index (χ0) is 29.8. The smallest absolute Gasteiger partial charge is 0.326 e. The predicted molar refractivity (Wildman–Crippen MR) is 159 cm³/mol. The van der Waals surface area contributed by atoms with E-state index in [9.17, 15) is 19.5 Å². The van der Waals surface area contributed by atoms with Gasteiger partial charge in [0.15, 0.2) is 5.76 Å². The van der Waals surface area contributed by atoms with E-state index in [2.05, 4.69) is 15.5 Å². The van der Waals surface area contributed by atoms with Crippen molar-refractivity contribution < 1.29 is 24.0 Å². The number of aliphatic carboxylic acids is 1. The molecule has 2 atom stereocenters. The Morgan fingerprint density at radius 3 is 2.36 bits per heavy atom. The van der Waals surface area contributed by atoms with Gasteiger partial charge in [0.05, 0.1) is 6.20 Å². The minimum Gasteiger partial charge on any atom is -0.480 e. The molecule has 3 N–H and O–H groups in total. The molecule has 0 aliphatic carbocycles. The molecule has 2 aromatic heterocycles. The van der Waals surface area contributed by atoms with Crippen molar-refractivity contribution in [2.45, 2.75) is 38.8 Å². The molecule has 5 aromatic rings. The van der Waals surface area contributed by atoms with Crippen molar-refractivity contribution in [1.29, 1.82) is 0 Å². The van der Waals surface area contributed by atoms with Crippen molar-refractivity contribution in [2.75, 3.05) is 7.05 Å². The van der Waals surface area contributed by atoms with E-state index in [1.54, 1.807) is 37.6 Å². The van der Waals surface area contributed by atoms with Crippen LogP contribution < -0.4 is 5.32 Å². The Balaban J connectivity index is 1.42. The van der Waals surface area contributed by atoms with E-state index in [1.165, 1.54) is 4.90 Å². The highest BCUT2D eigenvalue weighted by molar-refractivity contribution is 5.98. The highest BCUT2D eigenvalue weighted by atomic mass is 16.5. The van der Waals surface area contributed by atoms with Crippen molar-refractivity contribution in [3.05, 3.63) is 113 Å². The van der Waals surface area contributed by atoms with Crippen molar-refractivity contribution >= 4 is 28.7 Å².